The normalized spacial score (nSPS) is 30.2. The zero-order chi connectivity index (χ0) is 10.8. The lowest BCUT2D eigenvalue weighted by Crippen LogP contribution is -2.43. The van der Waals surface area contributed by atoms with Crippen LogP contribution < -0.4 is 5.32 Å². The number of benzene rings is 1. The third-order valence-corrected chi connectivity index (χ3v) is 3.99. The molecule has 0 aromatic heterocycles. The van der Waals surface area contributed by atoms with Crippen LogP contribution in [-0.4, -0.2) is 30.6 Å². The standard InChI is InChI=1S/C14H20N2/c1-2-4-12(5-3-1)10-16-9-7-14-13(11-16)6-8-15-14/h1-5,13-15H,6-11H2/t13-,14-/m0/s1. The molecule has 1 aromatic carbocycles. The zero-order valence-electron chi connectivity index (χ0n) is 9.73. The van der Waals surface area contributed by atoms with Gasteiger partial charge in [-0.15, -0.1) is 0 Å². The van der Waals surface area contributed by atoms with Crippen molar-refractivity contribution in [1.29, 1.82) is 0 Å². The highest BCUT2D eigenvalue weighted by Crippen LogP contribution is 2.25. The summed E-state index contributed by atoms with van der Waals surface area (Å²) < 4.78 is 0. The maximum Gasteiger partial charge on any atom is 0.0233 e. The molecule has 2 aliphatic heterocycles. The molecule has 0 saturated carbocycles. The number of rotatable bonds is 2. The first-order valence-corrected chi connectivity index (χ1v) is 6.41. The molecular weight excluding hydrogens is 196 g/mol. The molecular formula is C14H20N2. The zero-order valence-corrected chi connectivity index (χ0v) is 9.73. The van der Waals surface area contributed by atoms with E-state index in [4.69, 9.17) is 0 Å². The summed E-state index contributed by atoms with van der Waals surface area (Å²) in [6, 6.07) is 11.7. The van der Waals surface area contributed by atoms with Crippen molar-refractivity contribution in [3.8, 4) is 0 Å². The summed E-state index contributed by atoms with van der Waals surface area (Å²) in [7, 11) is 0. The molecule has 2 atom stereocenters. The fourth-order valence-electron chi connectivity index (χ4n) is 3.11. The Balaban J connectivity index is 1.60. The molecule has 86 valence electrons. The second kappa shape index (κ2) is 4.56. The molecule has 2 aliphatic rings. The largest absolute Gasteiger partial charge is 0.314 e. The van der Waals surface area contributed by atoms with Crippen molar-refractivity contribution in [3.63, 3.8) is 0 Å². The summed E-state index contributed by atoms with van der Waals surface area (Å²) in [5, 5.41) is 3.62. The van der Waals surface area contributed by atoms with Crippen LogP contribution in [0, 0.1) is 5.92 Å². The summed E-state index contributed by atoms with van der Waals surface area (Å²) >= 11 is 0. The molecule has 0 aliphatic carbocycles. The predicted molar refractivity (Wildman–Crippen MR) is 66.2 cm³/mol. The van der Waals surface area contributed by atoms with Crippen LogP contribution in [0.3, 0.4) is 0 Å². The van der Waals surface area contributed by atoms with E-state index < -0.39 is 0 Å². The van der Waals surface area contributed by atoms with Gasteiger partial charge in [0, 0.05) is 19.1 Å². The first kappa shape index (κ1) is 10.3. The molecule has 0 unspecified atom stereocenters. The minimum atomic E-state index is 0.812. The molecule has 2 heteroatoms. The van der Waals surface area contributed by atoms with Crippen LogP contribution in [0.1, 0.15) is 18.4 Å². The predicted octanol–water partition coefficient (Wildman–Crippen LogP) is 1.87. The molecule has 2 heterocycles. The lowest BCUT2D eigenvalue weighted by Gasteiger charge is -2.34. The summed E-state index contributed by atoms with van der Waals surface area (Å²) in [6.45, 7) is 4.90. The summed E-state index contributed by atoms with van der Waals surface area (Å²) in [4.78, 5) is 2.61. The van der Waals surface area contributed by atoms with Gasteiger partial charge in [-0.2, -0.15) is 0 Å². The number of likely N-dealkylation sites (tertiary alicyclic amines) is 1. The van der Waals surface area contributed by atoms with Crippen molar-refractivity contribution in [2.45, 2.75) is 25.4 Å². The van der Waals surface area contributed by atoms with E-state index in [0.717, 1.165) is 18.5 Å². The van der Waals surface area contributed by atoms with Crippen LogP contribution in [0.2, 0.25) is 0 Å². The lowest BCUT2D eigenvalue weighted by atomic mass is 9.93. The molecule has 1 aromatic rings. The summed E-state index contributed by atoms with van der Waals surface area (Å²) in [5.41, 5.74) is 1.45. The van der Waals surface area contributed by atoms with Gasteiger partial charge in [0.05, 0.1) is 0 Å². The highest BCUT2D eigenvalue weighted by Gasteiger charge is 2.32. The number of fused-ring (bicyclic) bond motifs is 1. The summed E-state index contributed by atoms with van der Waals surface area (Å²) in [5.74, 6) is 0.900. The average molecular weight is 216 g/mol. The smallest absolute Gasteiger partial charge is 0.0233 e. The first-order chi connectivity index (χ1) is 7.92. The molecule has 16 heavy (non-hydrogen) atoms. The van der Waals surface area contributed by atoms with Gasteiger partial charge >= 0.3 is 0 Å². The van der Waals surface area contributed by atoms with Crippen molar-refractivity contribution in [2.75, 3.05) is 19.6 Å². The van der Waals surface area contributed by atoms with E-state index in [0.29, 0.717) is 0 Å². The van der Waals surface area contributed by atoms with Crippen LogP contribution in [0.5, 0.6) is 0 Å². The Kier molecular flexibility index (Phi) is 2.94. The van der Waals surface area contributed by atoms with Gasteiger partial charge in [0.1, 0.15) is 0 Å². The maximum atomic E-state index is 3.62. The number of nitrogens with zero attached hydrogens (tertiary/aromatic N) is 1. The minimum absolute atomic E-state index is 0.812. The molecule has 3 rings (SSSR count). The van der Waals surface area contributed by atoms with E-state index in [1.54, 1.807) is 0 Å². The molecule has 1 N–H and O–H groups in total. The van der Waals surface area contributed by atoms with Crippen LogP contribution >= 0.6 is 0 Å². The van der Waals surface area contributed by atoms with Crippen LogP contribution in [0.15, 0.2) is 30.3 Å². The van der Waals surface area contributed by atoms with Crippen LogP contribution in [0.4, 0.5) is 0 Å². The SMILES string of the molecule is c1ccc(CN2CC[C@@H]3NCC[C@H]3C2)cc1. The van der Waals surface area contributed by atoms with Crippen LogP contribution in [0.25, 0.3) is 0 Å². The van der Waals surface area contributed by atoms with Crippen LogP contribution in [-0.2, 0) is 6.54 Å². The molecule has 0 spiro atoms. The Morgan fingerprint density at radius 3 is 2.94 bits per heavy atom. The Hall–Kier alpha value is -0.860. The van der Waals surface area contributed by atoms with Gasteiger partial charge in [0.15, 0.2) is 0 Å². The molecule has 2 fully saturated rings. The Morgan fingerprint density at radius 2 is 2.06 bits per heavy atom. The van der Waals surface area contributed by atoms with Gasteiger partial charge in [0.2, 0.25) is 0 Å². The highest BCUT2D eigenvalue weighted by molar-refractivity contribution is 5.14. The fraction of sp³-hybridized carbons (Fsp3) is 0.571. The van der Waals surface area contributed by atoms with E-state index in [9.17, 15) is 0 Å². The van der Waals surface area contributed by atoms with Crippen molar-refractivity contribution in [2.24, 2.45) is 5.92 Å². The van der Waals surface area contributed by atoms with Gasteiger partial charge in [0.25, 0.3) is 0 Å². The monoisotopic (exact) mass is 216 g/mol. The molecule has 2 nitrogen and oxygen atoms in total. The Labute approximate surface area is 97.6 Å². The van der Waals surface area contributed by atoms with Crippen molar-refractivity contribution < 1.29 is 0 Å². The molecule has 0 radical (unpaired) electrons. The average Bonchev–Trinajstić information content (AvgIpc) is 2.77. The van der Waals surface area contributed by atoms with Gasteiger partial charge in [-0.3, -0.25) is 4.90 Å². The van der Waals surface area contributed by atoms with E-state index in [1.165, 1.54) is 38.0 Å². The van der Waals surface area contributed by atoms with Crippen molar-refractivity contribution in [1.82, 2.24) is 10.2 Å². The van der Waals surface area contributed by atoms with Gasteiger partial charge in [-0.05, 0) is 37.4 Å². The van der Waals surface area contributed by atoms with E-state index >= 15 is 0 Å². The third kappa shape index (κ3) is 2.13. The Morgan fingerprint density at radius 1 is 1.19 bits per heavy atom. The van der Waals surface area contributed by atoms with E-state index in [1.807, 2.05) is 0 Å². The third-order valence-electron chi connectivity index (χ3n) is 3.99. The molecule has 2 saturated heterocycles. The first-order valence-electron chi connectivity index (χ1n) is 6.41. The second-order valence-corrected chi connectivity index (χ2v) is 5.12. The Bertz CT molecular complexity index is 336. The molecule has 0 bridgehead atoms. The van der Waals surface area contributed by atoms with Crippen molar-refractivity contribution in [3.05, 3.63) is 35.9 Å². The van der Waals surface area contributed by atoms with Crippen molar-refractivity contribution >= 4 is 0 Å². The van der Waals surface area contributed by atoms with Gasteiger partial charge < -0.3 is 5.32 Å². The van der Waals surface area contributed by atoms with Gasteiger partial charge in [-0.25, -0.2) is 0 Å². The number of piperidine rings is 1. The van der Waals surface area contributed by atoms with E-state index in [2.05, 4.69) is 40.5 Å². The quantitative estimate of drug-likeness (QED) is 0.812. The lowest BCUT2D eigenvalue weighted by molar-refractivity contribution is 0.156. The number of hydrogen-bond donors (Lipinski definition) is 1. The number of nitrogens with one attached hydrogen (secondary N) is 1. The maximum absolute atomic E-state index is 3.62. The molecule has 0 amide bonds. The van der Waals surface area contributed by atoms with Gasteiger partial charge in [-0.1, -0.05) is 30.3 Å². The van der Waals surface area contributed by atoms with E-state index in [-0.39, 0.29) is 0 Å². The second-order valence-electron chi connectivity index (χ2n) is 5.12. The minimum Gasteiger partial charge on any atom is -0.314 e. The number of hydrogen-bond acceptors (Lipinski definition) is 2. The summed E-state index contributed by atoms with van der Waals surface area (Å²) in [6.07, 6.45) is 2.70. The highest BCUT2D eigenvalue weighted by atomic mass is 15.2. The topological polar surface area (TPSA) is 15.3 Å². The fourth-order valence-corrected chi connectivity index (χ4v) is 3.11.